The smallest absolute Gasteiger partial charge is 0.407 e. The van der Waals surface area contributed by atoms with Gasteiger partial charge >= 0.3 is 6.09 Å². The monoisotopic (exact) mass is 269 g/mol. The SMILES string of the molecule is Cc1cc(C(O)[C@H](C)NC(=O)OC(C)(C)C)n(C)n1. The van der Waals surface area contributed by atoms with Crippen LogP contribution in [-0.4, -0.2) is 32.6 Å². The van der Waals surface area contributed by atoms with Gasteiger partial charge in [-0.05, 0) is 40.7 Å². The predicted octanol–water partition coefficient (Wildman–Crippen LogP) is 1.68. The van der Waals surface area contributed by atoms with Gasteiger partial charge in [0.1, 0.15) is 11.7 Å². The summed E-state index contributed by atoms with van der Waals surface area (Å²) in [5.41, 5.74) is 0.916. The van der Waals surface area contributed by atoms with Gasteiger partial charge in [-0.1, -0.05) is 0 Å². The topological polar surface area (TPSA) is 76.4 Å². The molecule has 1 aromatic heterocycles. The number of aromatic nitrogens is 2. The molecule has 0 aliphatic heterocycles. The van der Waals surface area contributed by atoms with E-state index in [1.165, 1.54) is 0 Å². The van der Waals surface area contributed by atoms with E-state index in [1.54, 1.807) is 45.5 Å². The molecule has 1 heterocycles. The van der Waals surface area contributed by atoms with Gasteiger partial charge in [0.2, 0.25) is 0 Å². The average Bonchev–Trinajstić information content (AvgIpc) is 2.53. The molecule has 0 spiro atoms. The highest BCUT2D eigenvalue weighted by molar-refractivity contribution is 5.68. The van der Waals surface area contributed by atoms with Gasteiger partial charge < -0.3 is 15.2 Å². The van der Waals surface area contributed by atoms with Crippen molar-refractivity contribution in [3.05, 3.63) is 17.5 Å². The summed E-state index contributed by atoms with van der Waals surface area (Å²) in [5, 5.41) is 17.0. The number of aryl methyl sites for hydroxylation is 2. The Kier molecular flexibility index (Phi) is 4.57. The van der Waals surface area contributed by atoms with Crippen LogP contribution in [0.5, 0.6) is 0 Å². The van der Waals surface area contributed by atoms with E-state index in [0.29, 0.717) is 5.69 Å². The summed E-state index contributed by atoms with van der Waals surface area (Å²) >= 11 is 0. The Bertz CT molecular complexity index is 448. The van der Waals surface area contributed by atoms with Crippen molar-refractivity contribution in [1.29, 1.82) is 0 Å². The van der Waals surface area contributed by atoms with Crippen LogP contribution >= 0.6 is 0 Å². The van der Waals surface area contributed by atoms with Crippen molar-refractivity contribution in [2.24, 2.45) is 7.05 Å². The van der Waals surface area contributed by atoms with Gasteiger partial charge in [-0.2, -0.15) is 5.10 Å². The van der Waals surface area contributed by atoms with Crippen LogP contribution in [0.1, 0.15) is 45.2 Å². The molecule has 0 aromatic carbocycles. The van der Waals surface area contributed by atoms with Crippen LogP contribution in [0, 0.1) is 6.92 Å². The fourth-order valence-corrected chi connectivity index (χ4v) is 1.74. The quantitative estimate of drug-likeness (QED) is 0.875. The second-order valence-corrected chi connectivity index (χ2v) is 5.71. The first kappa shape index (κ1) is 15.5. The van der Waals surface area contributed by atoms with Crippen LogP contribution in [0.3, 0.4) is 0 Å². The van der Waals surface area contributed by atoms with Crippen LogP contribution in [0.15, 0.2) is 6.07 Å². The van der Waals surface area contributed by atoms with Crippen LogP contribution in [0.25, 0.3) is 0 Å². The van der Waals surface area contributed by atoms with Gasteiger partial charge in [-0.15, -0.1) is 0 Å². The molecule has 1 unspecified atom stereocenters. The maximum Gasteiger partial charge on any atom is 0.407 e. The summed E-state index contributed by atoms with van der Waals surface area (Å²) < 4.78 is 6.75. The van der Waals surface area contributed by atoms with Crippen LogP contribution in [0.4, 0.5) is 4.79 Å². The number of nitrogens with zero attached hydrogens (tertiary/aromatic N) is 2. The number of carbonyl (C=O) groups is 1. The summed E-state index contributed by atoms with van der Waals surface area (Å²) in [6.45, 7) is 8.94. The third-order valence-electron chi connectivity index (χ3n) is 2.56. The number of amides is 1. The first-order valence-electron chi connectivity index (χ1n) is 6.28. The lowest BCUT2D eigenvalue weighted by Gasteiger charge is -2.24. The molecular weight excluding hydrogens is 246 g/mol. The number of hydrogen-bond donors (Lipinski definition) is 2. The lowest BCUT2D eigenvalue weighted by molar-refractivity contribution is 0.0429. The van der Waals surface area contributed by atoms with E-state index in [0.717, 1.165) is 5.69 Å². The molecule has 0 saturated heterocycles. The Hall–Kier alpha value is -1.56. The van der Waals surface area contributed by atoms with Gasteiger partial charge in [-0.3, -0.25) is 4.68 Å². The van der Waals surface area contributed by atoms with Crippen molar-refractivity contribution >= 4 is 6.09 Å². The van der Waals surface area contributed by atoms with E-state index >= 15 is 0 Å². The molecule has 0 bridgehead atoms. The zero-order valence-corrected chi connectivity index (χ0v) is 12.4. The van der Waals surface area contributed by atoms with Crippen LogP contribution in [-0.2, 0) is 11.8 Å². The molecule has 1 amide bonds. The average molecular weight is 269 g/mol. The fourth-order valence-electron chi connectivity index (χ4n) is 1.74. The first-order valence-corrected chi connectivity index (χ1v) is 6.28. The van der Waals surface area contributed by atoms with Crippen molar-refractivity contribution in [2.45, 2.75) is 52.4 Å². The van der Waals surface area contributed by atoms with Gasteiger partial charge in [0.25, 0.3) is 0 Å². The van der Waals surface area contributed by atoms with Crippen molar-refractivity contribution < 1.29 is 14.6 Å². The number of alkyl carbamates (subject to hydrolysis) is 1. The first-order chi connectivity index (χ1) is 8.60. The third kappa shape index (κ3) is 4.55. The summed E-state index contributed by atoms with van der Waals surface area (Å²) in [6, 6.07) is 1.32. The summed E-state index contributed by atoms with van der Waals surface area (Å²) in [4.78, 5) is 11.6. The normalized spacial score (nSPS) is 14.9. The molecule has 0 aliphatic carbocycles. The number of aliphatic hydroxyl groups is 1. The summed E-state index contributed by atoms with van der Waals surface area (Å²) in [5.74, 6) is 0. The molecule has 1 rings (SSSR count). The molecule has 2 atom stereocenters. The van der Waals surface area contributed by atoms with Gasteiger partial charge in [0, 0.05) is 7.05 Å². The lowest BCUT2D eigenvalue weighted by atomic mass is 10.1. The number of carbonyl (C=O) groups excluding carboxylic acids is 1. The van der Waals surface area contributed by atoms with Gasteiger partial charge in [-0.25, -0.2) is 4.79 Å². The molecule has 0 fully saturated rings. The van der Waals surface area contributed by atoms with Crippen molar-refractivity contribution in [1.82, 2.24) is 15.1 Å². The lowest BCUT2D eigenvalue weighted by Crippen LogP contribution is -2.41. The molecule has 2 N–H and O–H groups in total. The molecule has 0 radical (unpaired) electrons. The number of aliphatic hydroxyl groups excluding tert-OH is 1. The summed E-state index contributed by atoms with van der Waals surface area (Å²) in [7, 11) is 1.76. The van der Waals surface area contributed by atoms with Gasteiger partial charge in [0.15, 0.2) is 0 Å². The maximum absolute atomic E-state index is 11.6. The van der Waals surface area contributed by atoms with E-state index in [2.05, 4.69) is 10.4 Å². The highest BCUT2D eigenvalue weighted by atomic mass is 16.6. The minimum Gasteiger partial charge on any atom is -0.444 e. The highest BCUT2D eigenvalue weighted by Crippen LogP contribution is 2.17. The minimum absolute atomic E-state index is 0.468. The van der Waals surface area contributed by atoms with E-state index in [-0.39, 0.29) is 0 Å². The number of ether oxygens (including phenoxy) is 1. The molecule has 0 aliphatic rings. The molecular formula is C13H23N3O3. The molecule has 6 heteroatoms. The van der Waals surface area contributed by atoms with Gasteiger partial charge in [0.05, 0.1) is 17.4 Å². The largest absolute Gasteiger partial charge is 0.444 e. The second kappa shape index (κ2) is 5.61. The zero-order chi connectivity index (χ0) is 14.8. The Labute approximate surface area is 113 Å². The Balaban J connectivity index is 2.65. The number of nitrogens with one attached hydrogen (secondary N) is 1. The standard InChI is InChI=1S/C13H23N3O3/c1-8-7-10(16(6)15-8)11(17)9(2)14-12(18)19-13(3,4)5/h7,9,11,17H,1-6H3,(H,14,18)/t9-,11?/m0/s1. The number of hydrogen-bond acceptors (Lipinski definition) is 4. The zero-order valence-electron chi connectivity index (χ0n) is 12.4. The summed E-state index contributed by atoms with van der Waals surface area (Å²) in [6.07, 6.45) is -1.38. The molecule has 108 valence electrons. The molecule has 1 aromatic rings. The highest BCUT2D eigenvalue weighted by Gasteiger charge is 2.24. The van der Waals surface area contributed by atoms with E-state index in [1.807, 2.05) is 6.92 Å². The van der Waals surface area contributed by atoms with Crippen molar-refractivity contribution in [2.75, 3.05) is 0 Å². The Morgan fingerprint density at radius 3 is 2.53 bits per heavy atom. The Morgan fingerprint density at radius 1 is 1.53 bits per heavy atom. The number of rotatable bonds is 3. The fraction of sp³-hybridized carbons (Fsp3) is 0.692. The minimum atomic E-state index is -0.835. The predicted molar refractivity (Wildman–Crippen MR) is 71.7 cm³/mol. The van der Waals surface area contributed by atoms with E-state index in [4.69, 9.17) is 4.74 Å². The maximum atomic E-state index is 11.6. The molecule has 6 nitrogen and oxygen atoms in total. The Morgan fingerprint density at radius 2 is 2.11 bits per heavy atom. The van der Waals surface area contributed by atoms with E-state index < -0.39 is 23.8 Å². The van der Waals surface area contributed by atoms with Crippen molar-refractivity contribution in [3.8, 4) is 0 Å². The molecule has 0 saturated carbocycles. The molecule has 19 heavy (non-hydrogen) atoms. The van der Waals surface area contributed by atoms with Crippen molar-refractivity contribution in [3.63, 3.8) is 0 Å². The van der Waals surface area contributed by atoms with Crippen LogP contribution in [0.2, 0.25) is 0 Å². The van der Waals surface area contributed by atoms with E-state index in [9.17, 15) is 9.90 Å². The van der Waals surface area contributed by atoms with Crippen LogP contribution < -0.4 is 5.32 Å². The third-order valence-corrected chi connectivity index (χ3v) is 2.56. The second-order valence-electron chi connectivity index (χ2n) is 5.71.